The summed E-state index contributed by atoms with van der Waals surface area (Å²) in [6, 6.07) is 4.43. The van der Waals surface area contributed by atoms with Crippen molar-refractivity contribution in [2.75, 3.05) is 44.0 Å². The molecule has 0 bridgehead atoms. The van der Waals surface area contributed by atoms with Gasteiger partial charge in [-0.15, -0.1) is 12.8 Å². The van der Waals surface area contributed by atoms with E-state index in [1.54, 1.807) is 0 Å². The minimum atomic E-state index is -1.25. The number of benzene rings is 2. The molecule has 3 N–H and O–H groups in total. The van der Waals surface area contributed by atoms with Gasteiger partial charge in [0.15, 0.2) is 17.5 Å². The first kappa shape index (κ1) is 33.5. The van der Waals surface area contributed by atoms with Gasteiger partial charge in [0.1, 0.15) is 22.4 Å². The molecule has 1 saturated carbocycles. The minimum Gasteiger partial charge on any atom is -0.480 e. The quantitative estimate of drug-likeness (QED) is 0.123. The van der Waals surface area contributed by atoms with Crippen LogP contribution in [-0.4, -0.2) is 76.6 Å². The maximum atomic E-state index is 16.2. The molecule has 47 heavy (non-hydrogen) atoms. The van der Waals surface area contributed by atoms with Crippen molar-refractivity contribution in [3.63, 3.8) is 0 Å². The Hall–Kier alpha value is -3.36. The molecule has 4 fully saturated rings. The SMILES string of the molecule is C#Cc1c(F)c(F)cc2cc(N)cc(-c3nc(OC)c4c(N5CCCO[C@H]6C[C@H]65)nc(O)nc4c3F)c12.F[C@@H]1C[C-]2CCCN2C1.[U]. The summed E-state index contributed by atoms with van der Waals surface area (Å²) in [7, 11) is 1.35. The number of nitrogens with zero attached hydrogens (tertiary/aromatic N) is 5. The molecule has 2 aromatic heterocycles. The Balaban J connectivity index is 0.000000332. The normalized spacial score (nSPS) is 22.1. The molecule has 3 aliphatic heterocycles. The van der Waals surface area contributed by atoms with Crippen LogP contribution in [0.4, 0.5) is 29.1 Å². The van der Waals surface area contributed by atoms with Gasteiger partial charge in [-0.05, 0) is 49.5 Å². The summed E-state index contributed by atoms with van der Waals surface area (Å²) in [6.45, 7) is 2.93. The van der Waals surface area contributed by atoms with Crippen LogP contribution in [0.5, 0.6) is 11.9 Å². The van der Waals surface area contributed by atoms with E-state index in [9.17, 15) is 18.3 Å². The molecule has 0 amide bonds. The number of hydrogen-bond acceptors (Lipinski definition) is 9. The van der Waals surface area contributed by atoms with Crippen LogP contribution < -0.4 is 15.4 Å². The van der Waals surface area contributed by atoms with Gasteiger partial charge in [-0.25, -0.2) is 28.6 Å². The number of aromatic hydroxyl groups is 1. The first-order valence-corrected chi connectivity index (χ1v) is 15.1. The fraction of sp³-hybridized carbons (Fsp3) is 0.394. The Morgan fingerprint density at radius 3 is 2.66 bits per heavy atom. The fourth-order valence-corrected chi connectivity index (χ4v) is 6.84. The van der Waals surface area contributed by atoms with E-state index in [0.717, 1.165) is 31.9 Å². The maximum Gasteiger partial charge on any atom is 0.316 e. The summed E-state index contributed by atoms with van der Waals surface area (Å²) in [5, 5.41) is 10.8. The van der Waals surface area contributed by atoms with Crippen molar-refractivity contribution in [1.82, 2.24) is 19.9 Å². The molecule has 3 saturated heterocycles. The molecule has 0 unspecified atom stereocenters. The average molecular weight is 874 g/mol. The van der Waals surface area contributed by atoms with E-state index in [2.05, 4.69) is 25.8 Å². The van der Waals surface area contributed by atoms with Crippen LogP contribution in [0.1, 0.15) is 37.7 Å². The number of pyridine rings is 1. The van der Waals surface area contributed by atoms with Gasteiger partial charge in [0, 0.05) is 60.9 Å². The van der Waals surface area contributed by atoms with Crippen LogP contribution in [-0.2, 0) is 4.74 Å². The Labute approximate surface area is 292 Å². The predicted molar refractivity (Wildman–Crippen MR) is 164 cm³/mol. The van der Waals surface area contributed by atoms with Crippen LogP contribution in [0, 0.1) is 67.0 Å². The van der Waals surface area contributed by atoms with E-state index in [4.69, 9.17) is 21.6 Å². The van der Waals surface area contributed by atoms with E-state index < -0.39 is 35.2 Å². The number of hydrogen-bond donors (Lipinski definition) is 2. The number of nitrogens with two attached hydrogens (primary N) is 1. The van der Waals surface area contributed by atoms with Crippen LogP contribution >= 0.6 is 0 Å². The van der Waals surface area contributed by atoms with E-state index in [1.165, 1.54) is 31.7 Å². The number of fused-ring (bicyclic) bond motifs is 4. The summed E-state index contributed by atoms with van der Waals surface area (Å²) in [5.74, 6) is -0.958. The molecule has 0 radical (unpaired) electrons. The van der Waals surface area contributed by atoms with Gasteiger partial charge < -0.3 is 30.1 Å². The van der Waals surface area contributed by atoms with E-state index in [0.29, 0.717) is 26.1 Å². The maximum absolute atomic E-state index is 16.2. The van der Waals surface area contributed by atoms with Gasteiger partial charge >= 0.3 is 6.01 Å². The zero-order valence-corrected chi connectivity index (χ0v) is 29.7. The van der Waals surface area contributed by atoms with E-state index >= 15 is 4.39 Å². The summed E-state index contributed by atoms with van der Waals surface area (Å²) in [6.07, 6.45) is 9.59. The second kappa shape index (κ2) is 13.3. The molecule has 8 rings (SSSR count). The Morgan fingerprint density at radius 1 is 1.11 bits per heavy atom. The Bertz CT molecular complexity index is 1900. The summed E-state index contributed by atoms with van der Waals surface area (Å²) in [5.41, 5.74) is 5.22. The number of rotatable bonds is 3. The van der Waals surface area contributed by atoms with Crippen molar-refractivity contribution in [2.45, 2.75) is 50.4 Å². The molecule has 4 aliphatic rings. The summed E-state index contributed by atoms with van der Waals surface area (Å²) < 4.78 is 69.0. The number of alkyl halides is 1. The third-order valence-corrected chi connectivity index (χ3v) is 8.93. The number of anilines is 2. The van der Waals surface area contributed by atoms with Gasteiger partial charge in [-0.3, -0.25) is 0 Å². The van der Waals surface area contributed by atoms with Crippen molar-refractivity contribution in [3.8, 4) is 35.5 Å². The number of nitrogen functional groups attached to an aromatic ring is 1. The second-order valence-electron chi connectivity index (χ2n) is 11.9. The molecule has 0 spiro atoms. The molecule has 3 atom stereocenters. The third kappa shape index (κ3) is 6.08. The first-order valence-electron chi connectivity index (χ1n) is 15.1. The number of halogens is 4. The van der Waals surface area contributed by atoms with Crippen LogP contribution in [0.3, 0.4) is 0 Å². The molecule has 1 aliphatic carbocycles. The van der Waals surface area contributed by atoms with Crippen molar-refractivity contribution < 1.29 is 63.3 Å². The smallest absolute Gasteiger partial charge is 0.316 e. The first-order chi connectivity index (χ1) is 22.2. The zero-order chi connectivity index (χ0) is 32.3. The zero-order valence-electron chi connectivity index (χ0n) is 25.5. The monoisotopic (exact) mass is 873 g/mol. The average Bonchev–Trinajstić information content (AvgIpc) is 3.58. The molecular formula is C33H31F4N6O3U-. The Morgan fingerprint density at radius 2 is 1.91 bits per heavy atom. The summed E-state index contributed by atoms with van der Waals surface area (Å²) >= 11 is 0. The standard InChI is InChI=1S/C26H20F3N5O3.C7H11FN.U/c1-3-13-18-11(8-15(27)20(13)28)7-12(30)9-14(18)22-21(29)23-19(25(31-22)36-2)24(33-26(35)32-23)34-5-4-6-37-17-10-16(17)34;8-6-4-7-2-1-3-9(7)5-6;/h1,7-9,16-17H,4-6,10,30H2,2H3,(H,32,33,35);6H,1-5H2;/q;-1;/t16-,17+;6-;/m11./s1. The predicted octanol–water partition coefficient (Wildman–Crippen LogP) is 5.26. The van der Waals surface area contributed by atoms with Crippen molar-refractivity contribution in [3.05, 3.63) is 47.3 Å². The molecule has 2 aromatic carbocycles. The van der Waals surface area contributed by atoms with Crippen LogP contribution in [0.15, 0.2) is 18.2 Å². The molecule has 9 nitrogen and oxygen atoms in total. The van der Waals surface area contributed by atoms with Gasteiger partial charge in [-0.1, -0.05) is 12.3 Å². The van der Waals surface area contributed by atoms with Crippen molar-refractivity contribution in [1.29, 1.82) is 0 Å². The van der Waals surface area contributed by atoms with Gasteiger partial charge in [-0.2, -0.15) is 16.4 Å². The Kier molecular flexibility index (Phi) is 9.47. The largest absolute Gasteiger partial charge is 0.480 e. The minimum absolute atomic E-state index is 0. The van der Waals surface area contributed by atoms with E-state index in [1.807, 2.05) is 4.90 Å². The molecule has 5 heterocycles. The number of aromatic nitrogens is 3. The number of ether oxygens (including phenoxy) is 2. The fourth-order valence-electron chi connectivity index (χ4n) is 6.84. The number of methoxy groups -OCH3 is 1. The van der Waals surface area contributed by atoms with Crippen molar-refractivity contribution in [2.24, 2.45) is 0 Å². The molecular weight excluding hydrogens is 842 g/mol. The van der Waals surface area contributed by atoms with Crippen LogP contribution in [0.2, 0.25) is 0 Å². The van der Waals surface area contributed by atoms with Gasteiger partial charge in [0.2, 0.25) is 5.88 Å². The number of terminal acetylenes is 1. The molecule has 14 heteroatoms. The third-order valence-electron chi connectivity index (χ3n) is 8.93. The topological polar surface area (TPSA) is 110 Å². The van der Waals surface area contributed by atoms with E-state index in [-0.39, 0.29) is 93.6 Å². The summed E-state index contributed by atoms with van der Waals surface area (Å²) in [4.78, 5) is 16.7. The van der Waals surface area contributed by atoms with Gasteiger partial charge in [0.25, 0.3) is 0 Å². The van der Waals surface area contributed by atoms with Crippen molar-refractivity contribution >= 4 is 33.2 Å². The van der Waals surface area contributed by atoms with Crippen LogP contribution in [0.25, 0.3) is 32.9 Å². The second-order valence-corrected chi connectivity index (χ2v) is 11.9. The molecule has 244 valence electrons. The van der Waals surface area contributed by atoms with Gasteiger partial charge in [0.05, 0.1) is 31.0 Å². The molecule has 4 aromatic rings.